The Morgan fingerprint density at radius 2 is 1.16 bits per heavy atom. The minimum absolute atomic E-state index is 0.190. The normalized spacial score (nSPS) is 12.9. The molecule has 0 radical (unpaired) electrons. The second-order valence-electron chi connectivity index (χ2n) is 5.68. The molecule has 0 saturated carbocycles. The number of nitrogens with one attached hydrogen (secondary N) is 1. The topological polar surface area (TPSA) is 83.1 Å². The van der Waals surface area contributed by atoms with E-state index in [-0.39, 0.29) is 18.2 Å². The second kappa shape index (κ2) is 14.3. The third kappa shape index (κ3) is 11.6. The Morgan fingerprint density at radius 1 is 0.760 bits per heavy atom. The van der Waals surface area contributed by atoms with Crippen LogP contribution in [0.2, 0.25) is 0 Å². The van der Waals surface area contributed by atoms with Gasteiger partial charge in [0.1, 0.15) is 0 Å². The van der Waals surface area contributed by atoms with E-state index in [1.165, 1.54) is 0 Å². The highest BCUT2D eigenvalue weighted by Gasteiger charge is 2.34. The fourth-order valence-electron chi connectivity index (χ4n) is 2.50. The predicted molar refractivity (Wildman–Crippen MR) is 103 cm³/mol. The smallest absolute Gasteiger partial charge is 0.316 e. The van der Waals surface area contributed by atoms with Crippen LogP contribution >= 0.6 is 15.2 Å². The third-order valence-electron chi connectivity index (χ3n) is 3.41. The Hall–Kier alpha value is 0.260. The van der Waals surface area contributed by atoms with Crippen LogP contribution in [0.5, 0.6) is 0 Å². The van der Waals surface area contributed by atoms with Crippen LogP contribution in [0.4, 0.5) is 0 Å². The van der Waals surface area contributed by atoms with Gasteiger partial charge in [-0.05, 0) is 53.1 Å². The highest BCUT2D eigenvalue weighted by molar-refractivity contribution is 7.55. The van der Waals surface area contributed by atoms with Crippen LogP contribution in [0, 0.1) is 5.92 Å². The molecule has 0 fully saturated rings. The van der Waals surface area contributed by atoms with Gasteiger partial charge in [0.15, 0.2) is 0 Å². The molecule has 0 saturated heterocycles. The Kier molecular flexibility index (Phi) is 14.5. The molecule has 1 N–H and O–H groups in total. The zero-order valence-electron chi connectivity index (χ0n) is 16.5. The summed E-state index contributed by atoms with van der Waals surface area (Å²) >= 11 is 0. The first-order chi connectivity index (χ1) is 11.9. The maximum atomic E-state index is 12.9. The van der Waals surface area contributed by atoms with Gasteiger partial charge in [-0.2, -0.15) is 0 Å². The van der Waals surface area contributed by atoms with Gasteiger partial charge < -0.3 is 23.4 Å². The first-order valence-electron chi connectivity index (χ1n) is 9.35. The highest BCUT2D eigenvalue weighted by Crippen LogP contribution is 2.54. The number of hydrogen-bond donors (Lipinski definition) is 1. The fraction of sp³-hybridized carbons (Fsp3) is 1.00. The molecule has 0 atom stereocenters. The number of hydrogen-bond acceptors (Lipinski definition) is 7. The minimum atomic E-state index is -3.23. The average molecular weight is 401 g/mol. The molecule has 0 aromatic carbocycles. The molecule has 0 bridgehead atoms. The maximum Gasteiger partial charge on any atom is 0.331 e. The summed E-state index contributed by atoms with van der Waals surface area (Å²) in [5.41, 5.74) is 0. The average Bonchev–Trinajstić information content (AvgIpc) is 2.52. The lowest BCUT2D eigenvalue weighted by atomic mass is 10.2. The lowest BCUT2D eigenvalue weighted by molar-refractivity contribution is 0.209. The predicted octanol–water partition coefficient (Wildman–Crippen LogP) is 4.52. The molecule has 0 aliphatic carbocycles. The molecular weight excluding hydrogens is 364 g/mol. The number of unbranched alkanes of at least 4 members (excludes halogenated alkanes) is 1. The quantitative estimate of drug-likeness (QED) is 0.283. The van der Waals surface area contributed by atoms with Gasteiger partial charge in [-0.25, -0.2) is 0 Å². The summed E-state index contributed by atoms with van der Waals surface area (Å²) in [6.45, 7) is 11.9. The molecule has 0 rings (SSSR count). The summed E-state index contributed by atoms with van der Waals surface area (Å²) in [7, 11) is -6.45. The molecule has 0 aromatic rings. The van der Waals surface area contributed by atoms with Crippen molar-refractivity contribution in [3.05, 3.63) is 0 Å². The van der Waals surface area contributed by atoms with Crippen LogP contribution in [0.1, 0.15) is 47.5 Å². The standard InChI is InChI=1S/C16H37NO6P2/c1-6-11-12-17-13-16(14-24(18,20-7-2)21-8-3)15-25(19,22-9-4)23-10-5/h16-17H,6-15H2,1-5H3. The molecule has 7 nitrogen and oxygen atoms in total. The molecule has 0 amide bonds. The van der Waals surface area contributed by atoms with E-state index < -0.39 is 15.2 Å². The molecule has 25 heavy (non-hydrogen) atoms. The van der Waals surface area contributed by atoms with E-state index in [0.29, 0.717) is 33.0 Å². The fourth-order valence-corrected chi connectivity index (χ4v) is 6.63. The van der Waals surface area contributed by atoms with Gasteiger partial charge in [-0.15, -0.1) is 0 Å². The van der Waals surface area contributed by atoms with Crippen molar-refractivity contribution < 1.29 is 27.2 Å². The van der Waals surface area contributed by atoms with Crippen LogP contribution in [-0.4, -0.2) is 51.8 Å². The van der Waals surface area contributed by atoms with Crippen LogP contribution < -0.4 is 5.32 Å². The van der Waals surface area contributed by atoms with Gasteiger partial charge in [0, 0.05) is 0 Å². The van der Waals surface area contributed by atoms with Crippen molar-refractivity contribution in [2.75, 3.05) is 51.8 Å². The summed E-state index contributed by atoms with van der Waals surface area (Å²) in [6, 6.07) is 0. The molecule has 0 aliphatic heterocycles. The molecular formula is C16H37NO6P2. The van der Waals surface area contributed by atoms with Crippen molar-refractivity contribution in [3.8, 4) is 0 Å². The van der Waals surface area contributed by atoms with Gasteiger partial charge in [0.2, 0.25) is 0 Å². The monoisotopic (exact) mass is 401 g/mol. The van der Waals surface area contributed by atoms with E-state index >= 15 is 0 Å². The molecule has 0 aromatic heterocycles. The van der Waals surface area contributed by atoms with Gasteiger partial charge >= 0.3 is 15.2 Å². The van der Waals surface area contributed by atoms with Crippen molar-refractivity contribution in [1.29, 1.82) is 0 Å². The Bertz CT molecular complexity index is 369. The van der Waals surface area contributed by atoms with Crippen LogP contribution in [0.3, 0.4) is 0 Å². The second-order valence-corrected chi connectivity index (χ2v) is 9.89. The van der Waals surface area contributed by atoms with Crippen molar-refractivity contribution in [2.24, 2.45) is 5.92 Å². The Balaban J connectivity index is 5.10. The summed E-state index contributed by atoms with van der Waals surface area (Å²) in [5.74, 6) is -0.190. The molecule has 0 spiro atoms. The van der Waals surface area contributed by atoms with Crippen molar-refractivity contribution in [3.63, 3.8) is 0 Å². The van der Waals surface area contributed by atoms with Crippen molar-refractivity contribution in [2.45, 2.75) is 47.5 Å². The van der Waals surface area contributed by atoms with E-state index in [4.69, 9.17) is 18.1 Å². The van der Waals surface area contributed by atoms with E-state index in [0.717, 1.165) is 19.4 Å². The maximum absolute atomic E-state index is 12.9. The Labute approximate surface area is 153 Å². The summed E-state index contributed by atoms with van der Waals surface area (Å²) in [4.78, 5) is 0. The third-order valence-corrected chi connectivity index (χ3v) is 7.94. The minimum Gasteiger partial charge on any atom is -0.316 e. The lowest BCUT2D eigenvalue weighted by Crippen LogP contribution is -2.29. The molecule has 0 unspecified atom stereocenters. The van der Waals surface area contributed by atoms with E-state index in [2.05, 4.69) is 12.2 Å². The first kappa shape index (κ1) is 25.3. The first-order valence-corrected chi connectivity index (χ1v) is 12.8. The van der Waals surface area contributed by atoms with E-state index in [9.17, 15) is 9.13 Å². The van der Waals surface area contributed by atoms with Crippen molar-refractivity contribution in [1.82, 2.24) is 5.32 Å². The van der Waals surface area contributed by atoms with Gasteiger partial charge in [-0.3, -0.25) is 9.13 Å². The van der Waals surface area contributed by atoms with Crippen molar-refractivity contribution >= 4 is 15.2 Å². The van der Waals surface area contributed by atoms with Crippen LogP contribution in [-0.2, 0) is 27.2 Å². The zero-order chi connectivity index (χ0) is 19.2. The lowest BCUT2D eigenvalue weighted by Gasteiger charge is -2.26. The zero-order valence-corrected chi connectivity index (χ0v) is 18.3. The van der Waals surface area contributed by atoms with E-state index in [1.807, 2.05) is 0 Å². The summed E-state index contributed by atoms with van der Waals surface area (Å²) < 4.78 is 47.3. The summed E-state index contributed by atoms with van der Waals surface area (Å²) in [5, 5.41) is 3.34. The molecule has 0 heterocycles. The number of rotatable bonds is 17. The van der Waals surface area contributed by atoms with E-state index in [1.54, 1.807) is 27.7 Å². The molecule has 152 valence electrons. The molecule has 0 aliphatic rings. The SMILES string of the molecule is CCCCNCC(CP(=O)(OCC)OCC)CP(=O)(OCC)OCC. The Morgan fingerprint density at radius 3 is 1.48 bits per heavy atom. The summed E-state index contributed by atoms with van der Waals surface area (Å²) in [6.07, 6.45) is 2.52. The van der Waals surface area contributed by atoms with Gasteiger partial charge in [-0.1, -0.05) is 13.3 Å². The van der Waals surface area contributed by atoms with Gasteiger partial charge in [0.05, 0.1) is 38.8 Å². The highest BCUT2D eigenvalue weighted by atomic mass is 31.2. The van der Waals surface area contributed by atoms with Gasteiger partial charge in [0.25, 0.3) is 0 Å². The van der Waals surface area contributed by atoms with Crippen LogP contribution in [0.25, 0.3) is 0 Å². The van der Waals surface area contributed by atoms with Crippen LogP contribution in [0.15, 0.2) is 0 Å². The molecule has 9 heteroatoms. The largest absolute Gasteiger partial charge is 0.331 e.